The first-order chi connectivity index (χ1) is 14.2. The summed E-state index contributed by atoms with van der Waals surface area (Å²) in [7, 11) is -0.500. The van der Waals surface area contributed by atoms with Crippen LogP contribution in [0.2, 0.25) is 0 Å². The Bertz CT molecular complexity index is 1050. The third-order valence-corrected chi connectivity index (χ3v) is 9.21. The van der Waals surface area contributed by atoms with Gasteiger partial charge in [-0.2, -0.15) is 0 Å². The number of rotatable bonds is 8. The van der Waals surface area contributed by atoms with E-state index < -0.39 is 7.53 Å². The molecule has 0 bridgehead atoms. The number of hydrogen-bond donors (Lipinski definition) is 0. The van der Waals surface area contributed by atoms with E-state index in [0.29, 0.717) is 0 Å². The molecule has 0 amide bonds. The summed E-state index contributed by atoms with van der Waals surface area (Å²) in [6.45, 7) is 2.28. The van der Waals surface area contributed by atoms with Crippen molar-refractivity contribution in [1.82, 2.24) is 0 Å². The van der Waals surface area contributed by atoms with Crippen LogP contribution >= 0.6 is 39.4 Å². The third-order valence-electron chi connectivity index (χ3n) is 5.71. The molecule has 0 aliphatic heterocycles. The van der Waals surface area contributed by atoms with Crippen LogP contribution in [0.3, 0.4) is 0 Å². The zero-order chi connectivity index (χ0) is 20.2. The maximum Gasteiger partial charge on any atom is 0.0185 e. The molecule has 3 heteroatoms. The minimum absolute atomic E-state index is 0.500. The average Bonchev–Trinajstić information content (AvgIpc) is 3.03. The monoisotopic (exact) mass is 528 g/mol. The highest BCUT2D eigenvalue weighted by atomic mass is 79.9. The Labute approximate surface area is 192 Å². The Kier molecular flexibility index (Phi) is 7.16. The van der Waals surface area contributed by atoms with Gasteiger partial charge in [-0.3, -0.25) is 0 Å². The summed E-state index contributed by atoms with van der Waals surface area (Å²) in [4.78, 5) is 0. The highest BCUT2D eigenvalue weighted by Crippen LogP contribution is 2.55. The quantitative estimate of drug-likeness (QED) is 0.199. The lowest BCUT2D eigenvalue weighted by molar-refractivity contribution is 0.607. The Morgan fingerprint density at radius 3 is 1.79 bits per heavy atom. The molecular formula is C26H27Br2P. The number of unbranched alkanes of at least 4 members (excludes halogenated alkanes) is 5. The predicted octanol–water partition coefficient (Wildman–Crippen LogP) is 10.4. The number of hydrogen-bond acceptors (Lipinski definition) is 0. The lowest BCUT2D eigenvalue weighted by Crippen LogP contribution is -1.86. The van der Waals surface area contributed by atoms with Crippen LogP contribution in [0.4, 0.5) is 0 Å². The summed E-state index contributed by atoms with van der Waals surface area (Å²) in [6.07, 6.45) is 9.35. The molecule has 0 saturated carbocycles. The Morgan fingerprint density at radius 2 is 1.21 bits per heavy atom. The van der Waals surface area contributed by atoms with E-state index in [1.807, 2.05) is 0 Å². The van der Waals surface area contributed by atoms with Gasteiger partial charge in [0.25, 0.3) is 0 Å². The maximum atomic E-state index is 3.69. The van der Waals surface area contributed by atoms with E-state index in [-0.39, 0.29) is 0 Å². The molecular weight excluding hydrogens is 503 g/mol. The lowest BCUT2D eigenvalue weighted by atomic mass is 10.1. The highest BCUT2D eigenvalue weighted by Gasteiger charge is 2.14. The van der Waals surface area contributed by atoms with Crippen LogP contribution in [0.15, 0.2) is 69.6 Å². The maximum absolute atomic E-state index is 3.69. The third kappa shape index (κ3) is 4.82. The van der Waals surface area contributed by atoms with Gasteiger partial charge in [-0.15, -0.1) is 0 Å². The van der Waals surface area contributed by atoms with Crippen molar-refractivity contribution in [2.45, 2.75) is 51.9 Å². The standard InChI is InChI=1S/C26H27Br2P/c1-2-3-4-5-6-7-8-19-9-13-22(14-10-19)29-25-17-20(27)11-15-23(25)24-16-12-21(28)18-26(24)29/h9-18H,2-8H2,1H3. The Morgan fingerprint density at radius 1 is 0.655 bits per heavy atom. The van der Waals surface area contributed by atoms with Crippen molar-refractivity contribution in [3.8, 4) is 5.30 Å². The molecule has 4 aromatic rings. The number of halogens is 2. The van der Waals surface area contributed by atoms with Gasteiger partial charge in [-0.25, -0.2) is 0 Å². The summed E-state index contributed by atoms with van der Waals surface area (Å²) in [5.41, 5.74) is 1.47. The molecule has 0 aliphatic carbocycles. The number of benzene rings is 3. The fourth-order valence-corrected chi connectivity index (χ4v) is 7.91. The first-order valence-corrected chi connectivity index (χ1v) is 13.6. The predicted molar refractivity (Wildman–Crippen MR) is 138 cm³/mol. The van der Waals surface area contributed by atoms with Gasteiger partial charge in [0.2, 0.25) is 0 Å². The van der Waals surface area contributed by atoms with Gasteiger partial charge in [0.15, 0.2) is 0 Å². The highest BCUT2D eigenvalue weighted by molar-refractivity contribution is 9.10. The summed E-state index contributed by atoms with van der Waals surface area (Å²) in [6, 6.07) is 23.0. The smallest absolute Gasteiger partial charge is 0.0185 e. The van der Waals surface area contributed by atoms with E-state index >= 15 is 0 Å². The van der Waals surface area contributed by atoms with Crippen molar-refractivity contribution in [3.05, 3.63) is 75.2 Å². The van der Waals surface area contributed by atoms with Crippen molar-refractivity contribution >= 4 is 60.4 Å². The summed E-state index contributed by atoms with van der Waals surface area (Å²) in [5, 5.41) is 7.15. The van der Waals surface area contributed by atoms with Crippen LogP contribution in [-0.4, -0.2) is 0 Å². The molecule has 1 heterocycles. The fraction of sp³-hybridized carbons (Fsp3) is 0.308. The second-order valence-electron chi connectivity index (χ2n) is 7.84. The van der Waals surface area contributed by atoms with Crippen LogP contribution in [0.5, 0.6) is 0 Å². The molecule has 0 saturated heterocycles. The van der Waals surface area contributed by atoms with Gasteiger partial charge in [-0.1, -0.05) is 115 Å². The molecule has 0 N–H and O–H groups in total. The van der Waals surface area contributed by atoms with Crippen LogP contribution in [0.1, 0.15) is 51.0 Å². The molecule has 3 aromatic carbocycles. The van der Waals surface area contributed by atoms with Gasteiger partial charge in [0.1, 0.15) is 0 Å². The van der Waals surface area contributed by atoms with Gasteiger partial charge in [0.05, 0.1) is 0 Å². The topological polar surface area (TPSA) is 0 Å². The van der Waals surface area contributed by atoms with E-state index in [9.17, 15) is 0 Å². The molecule has 0 fully saturated rings. The summed E-state index contributed by atoms with van der Waals surface area (Å²) < 4.78 is 2.32. The SMILES string of the molecule is CCCCCCCCc1ccc(-p2c3cc(Br)ccc3c3ccc(Br)cc32)cc1. The van der Waals surface area contributed by atoms with Crippen LogP contribution < -0.4 is 0 Å². The Hall–Kier alpha value is -1.08. The molecule has 0 aliphatic rings. The van der Waals surface area contributed by atoms with E-state index in [1.54, 1.807) is 0 Å². The van der Waals surface area contributed by atoms with Crippen LogP contribution in [0.25, 0.3) is 26.3 Å². The molecule has 150 valence electrons. The van der Waals surface area contributed by atoms with E-state index in [1.165, 1.54) is 76.8 Å². The number of fused-ring (bicyclic) bond motifs is 3. The van der Waals surface area contributed by atoms with Crippen molar-refractivity contribution in [3.63, 3.8) is 0 Å². The second kappa shape index (κ2) is 9.82. The largest absolute Gasteiger partial charge is 0.0771 e. The van der Waals surface area contributed by atoms with Crippen molar-refractivity contribution in [2.24, 2.45) is 0 Å². The molecule has 0 radical (unpaired) electrons. The van der Waals surface area contributed by atoms with E-state index in [4.69, 9.17) is 0 Å². The average molecular weight is 530 g/mol. The van der Waals surface area contributed by atoms with Gasteiger partial charge >= 0.3 is 0 Å². The first kappa shape index (κ1) is 21.2. The minimum atomic E-state index is -0.500. The summed E-state index contributed by atoms with van der Waals surface area (Å²) >= 11 is 7.38. The first-order valence-electron chi connectivity index (χ1n) is 10.7. The second-order valence-corrected chi connectivity index (χ2v) is 11.8. The van der Waals surface area contributed by atoms with Gasteiger partial charge in [-0.05, 0) is 58.7 Å². The zero-order valence-electron chi connectivity index (χ0n) is 16.9. The molecule has 0 atom stereocenters. The van der Waals surface area contributed by atoms with Crippen molar-refractivity contribution in [1.29, 1.82) is 0 Å². The number of aryl methyl sites for hydroxylation is 1. The van der Waals surface area contributed by atoms with Crippen molar-refractivity contribution < 1.29 is 0 Å². The fourth-order valence-electron chi connectivity index (χ4n) is 4.16. The van der Waals surface area contributed by atoms with Gasteiger partial charge < -0.3 is 0 Å². The summed E-state index contributed by atoms with van der Waals surface area (Å²) in [5.74, 6) is 0. The molecule has 29 heavy (non-hydrogen) atoms. The Balaban J connectivity index is 1.62. The molecule has 4 rings (SSSR count). The lowest BCUT2D eigenvalue weighted by Gasteiger charge is -2.07. The van der Waals surface area contributed by atoms with Crippen molar-refractivity contribution in [2.75, 3.05) is 0 Å². The van der Waals surface area contributed by atoms with E-state index in [2.05, 4.69) is 99.4 Å². The van der Waals surface area contributed by atoms with E-state index in [0.717, 1.165) is 8.95 Å². The zero-order valence-corrected chi connectivity index (χ0v) is 21.0. The van der Waals surface area contributed by atoms with Crippen LogP contribution in [-0.2, 0) is 6.42 Å². The molecule has 1 aromatic heterocycles. The van der Waals surface area contributed by atoms with Crippen LogP contribution in [0, 0.1) is 0 Å². The molecule has 0 spiro atoms. The normalized spacial score (nSPS) is 11.6. The minimum Gasteiger partial charge on any atom is -0.0771 e. The molecule has 0 unspecified atom stereocenters. The van der Waals surface area contributed by atoms with Gasteiger partial charge in [0, 0.05) is 19.2 Å². The molecule has 0 nitrogen and oxygen atoms in total.